The molecular formula is C6H11OP. The van der Waals surface area contributed by atoms with Crippen molar-refractivity contribution in [2.75, 3.05) is 12.8 Å². The quantitative estimate of drug-likeness (QED) is 0.460. The zero-order chi connectivity index (χ0) is 6.20. The fourth-order valence-corrected chi connectivity index (χ4v) is 2.98. The lowest BCUT2D eigenvalue weighted by atomic mass is 10.3. The van der Waals surface area contributed by atoms with Crippen LogP contribution in [-0.4, -0.2) is 12.8 Å². The molecule has 0 fully saturated rings. The van der Waals surface area contributed by atoms with Crippen molar-refractivity contribution in [1.82, 2.24) is 0 Å². The van der Waals surface area contributed by atoms with Gasteiger partial charge < -0.3 is 4.57 Å². The Kier molecular flexibility index (Phi) is 1.32. The highest BCUT2D eigenvalue weighted by Crippen LogP contribution is 2.50. The van der Waals surface area contributed by atoms with E-state index in [4.69, 9.17) is 0 Å². The molecule has 1 atom stereocenters. The van der Waals surface area contributed by atoms with Crippen molar-refractivity contribution in [3.05, 3.63) is 11.4 Å². The molecule has 0 aromatic rings. The summed E-state index contributed by atoms with van der Waals surface area (Å²) in [6.45, 7) is 3.90. The Balaban J connectivity index is 2.82. The van der Waals surface area contributed by atoms with E-state index in [0.29, 0.717) is 0 Å². The summed E-state index contributed by atoms with van der Waals surface area (Å²) in [6.07, 6.45) is 1.95. The smallest absolute Gasteiger partial charge is 0.106 e. The Bertz CT molecular complexity index is 169. The van der Waals surface area contributed by atoms with Crippen LogP contribution in [0.2, 0.25) is 0 Å². The van der Waals surface area contributed by atoms with Crippen molar-refractivity contribution >= 4 is 7.14 Å². The molecule has 0 saturated carbocycles. The first-order valence-electron chi connectivity index (χ1n) is 2.85. The molecule has 1 aliphatic heterocycles. The summed E-state index contributed by atoms with van der Waals surface area (Å²) in [7, 11) is -1.76. The molecule has 0 spiro atoms. The van der Waals surface area contributed by atoms with Crippen LogP contribution in [0.3, 0.4) is 0 Å². The Morgan fingerprint density at radius 2 is 2.38 bits per heavy atom. The largest absolute Gasteiger partial charge is 0.320 e. The van der Waals surface area contributed by atoms with Gasteiger partial charge in [0.1, 0.15) is 7.14 Å². The first-order valence-corrected chi connectivity index (χ1v) is 5.25. The molecule has 8 heavy (non-hydrogen) atoms. The van der Waals surface area contributed by atoms with E-state index in [9.17, 15) is 4.57 Å². The van der Waals surface area contributed by atoms with Crippen LogP contribution in [0.15, 0.2) is 11.4 Å². The lowest BCUT2D eigenvalue weighted by molar-refractivity contribution is 0.585. The summed E-state index contributed by atoms with van der Waals surface area (Å²) >= 11 is 0. The zero-order valence-corrected chi connectivity index (χ0v) is 6.24. The van der Waals surface area contributed by atoms with Gasteiger partial charge in [-0.1, -0.05) is 5.57 Å². The van der Waals surface area contributed by atoms with E-state index < -0.39 is 7.14 Å². The van der Waals surface area contributed by atoms with Crippen molar-refractivity contribution < 1.29 is 4.57 Å². The second-order valence-electron chi connectivity index (χ2n) is 2.62. The van der Waals surface area contributed by atoms with Gasteiger partial charge in [0.2, 0.25) is 0 Å². The van der Waals surface area contributed by atoms with Crippen LogP contribution in [0.1, 0.15) is 13.3 Å². The Labute approximate surface area is 50.2 Å². The fraction of sp³-hybridized carbons (Fsp3) is 0.667. The molecule has 0 radical (unpaired) electrons. The van der Waals surface area contributed by atoms with Crippen LogP contribution < -0.4 is 0 Å². The van der Waals surface area contributed by atoms with Crippen molar-refractivity contribution in [1.29, 1.82) is 0 Å². The predicted octanol–water partition coefficient (Wildman–Crippen LogP) is 2.29. The minimum atomic E-state index is -1.76. The lowest BCUT2D eigenvalue weighted by Gasteiger charge is -1.94. The summed E-state index contributed by atoms with van der Waals surface area (Å²) in [5.41, 5.74) is 1.30. The van der Waals surface area contributed by atoms with Gasteiger partial charge in [-0.15, -0.1) is 0 Å². The summed E-state index contributed by atoms with van der Waals surface area (Å²) in [4.78, 5) is 0. The van der Waals surface area contributed by atoms with Crippen molar-refractivity contribution in [3.63, 3.8) is 0 Å². The Morgan fingerprint density at radius 3 is 2.50 bits per heavy atom. The molecule has 46 valence electrons. The molecule has 1 aliphatic rings. The molecule has 1 unspecified atom stereocenters. The Hall–Kier alpha value is -0.0300. The summed E-state index contributed by atoms with van der Waals surface area (Å²) < 4.78 is 11.1. The van der Waals surface area contributed by atoms with E-state index in [2.05, 4.69) is 0 Å². The van der Waals surface area contributed by atoms with Gasteiger partial charge in [0, 0.05) is 6.16 Å². The topological polar surface area (TPSA) is 17.1 Å². The SMILES string of the molecule is CC1=CP(C)(=O)CC1. The maximum atomic E-state index is 11.1. The zero-order valence-electron chi connectivity index (χ0n) is 5.35. The highest BCUT2D eigenvalue weighted by Gasteiger charge is 2.17. The van der Waals surface area contributed by atoms with Crippen molar-refractivity contribution in [3.8, 4) is 0 Å². The van der Waals surface area contributed by atoms with Gasteiger partial charge in [0.25, 0.3) is 0 Å². The van der Waals surface area contributed by atoms with E-state index in [1.165, 1.54) is 5.57 Å². The molecule has 0 aromatic heterocycles. The highest BCUT2D eigenvalue weighted by molar-refractivity contribution is 7.66. The normalized spacial score (nSPS) is 37.5. The minimum absolute atomic E-state index is 0.902. The molecule has 0 aliphatic carbocycles. The average Bonchev–Trinajstić information content (AvgIpc) is 1.82. The van der Waals surface area contributed by atoms with Gasteiger partial charge in [0.15, 0.2) is 0 Å². The monoisotopic (exact) mass is 130 g/mol. The second-order valence-corrected chi connectivity index (χ2v) is 5.68. The molecule has 1 heterocycles. The molecule has 1 nitrogen and oxygen atoms in total. The van der Waals surface area contributed by atoms with Crippen LogP contribution in [0.5, 0.6) is 0 Å². The van der Waals surface area contributed by atoms with E-state index >= 15 is 0 Å². The van der Waals surface area contributed by atoms with E-state index in [1.807, 2.05) is 19.4 Å². The third-order valence-corrected chi connectivity index (χ3v) is 3.54. The van der Waals surface area contributed by atoms with Crippen LogP contribution in [-0.2, 0) is 4.57 Å². The fourth-order valence-electron chi connectivity index (χ4n) is 0.994. The predicted molar refractivity (Wildman–Crippen MR) is 36.8 cm³/mol. The number of hydrogen-bond donors (Lipinski definition) is 0. The van der Waals surface area contributed by atoms with E-state index in [1.54, 1.807) is 0 Å². The summed E-state index contributed by atoms with van der Waals surface area (Å²) in [5, 5.41) is 0. The first kappa shape index (κ1) is 6.10. The third-order valence-electron chi connectivity index (χ3n) is 1.44. The highest BCUT2D eigenvalue weighted by atomic mass is 31.2. The summed E-state index contributed by atoms with van der Waals surface area (Å²) in [5.74, 6) is 1.94. The number of hydrogen-bond acceptors (Lipinski definition) is 1. The Morgan fingerprint density at radius 1 is 1.75 bits per heavy atom. The van der Waals surface area contributed by atoms with E-state index in [-0.39, 0.29) is 0 Å². The molecule has 0 saturated heterocycles. The molecule has 2 heteroatoms. The molecule has 0 bridgehead atoms. The molecule has 0 aromatic carbocycles. The molecule has 1 rings (SSSR count). The van der Waals surface area contributed by atoms with Gasteiger partial charge in [-0.05, 0) is 25.8 Å². The van der Waals surface area contributed by atoms with Crippen LogP contribution >= 0.6 is 7.14 Å². The number of rotatable bonds is 0. The standard InChI is InChI=1S/C6H11OP/c1-6-3-4-8(2,7)5-6/h5H,3-4H2,1-2H3. The molecular weight excluding hydrogens is 119 g/mol. The maximum Gasteiger partial charge on any atom is 0.106 e. The number of allylic oxidation sites excluding steroid dienone is 1. The second kappa shape index (κ2) is 1.73. The summed E-state index contributed by atoms with van der Waals surface area (Å²) in [6, 6.07) is 0. The van der Waals surface area contributed by atoms with E-state index in [0.717, 1.165) is 12.6 Å². The van der Waals surface area contributed by atoms with Crippen molar-refractivity contribution in [2.24, 2.45) is 0 Å². The van der Waals surface area contributed by atoms with Crippen LogP contribution in [0.4, 0.5) is 0 Å². The average molecular weight is 130 g/mol. The van der Waals surface area contributed by atoms with Gasteiger partial charge in [0.05, 0.1) is 0 Å². The lowest BCUT2D eigenvalue weighted by Crippen LogP contribution is -1.73. The minimum Gasteiger partial charge on any atom is -0.320 e. The third kappa shape index (κ3) is 1.23. The molecule has 0 amide bonds. The van der Waals surface area contributed by atoms with Crippen molar-refractivity contribution in [2.45, 2.75) is 13.3 Å². The maximum absolute atomic E-state index is 11.1. The first-order chi connectivity index (χ1) is 3.60. The van der Waals surface area contributed by atoms with Gasteiger partial charge >= 0.3 is 0 Å². The van der Waals surface area contributed by atoms with Crippen LogP contribution in [0, 0.1) is 0 Å². The van der Waals surface area contributed by atoms with Crippen LogP contribution in [0.25, 0.3) is 0 Å². The van der Waals surface area contributed by atoms with Gasteiger partial charge in [-0.2, -0.15) is 0 Å². The molecule has 0 N–H and O–H groups in total. The van der Waals surface area contributed by atoms with Gasteiger partial charge in [-0.25, -0.2) is 0 Å². The van der Waals surface area contributed by atoms with Gasteiger partial charge in [-0.3, -0.25) is 0 Å².